The third-order valence-corrected chi connectivity index (χ3v) is 4.80. The Balaban J connectivity index is 1.87. The van der Waals surface area contributed by atoms with Crippen LogP contribution in [0.25, 0.3) is 0 Å². The number of anilines is 1. The van der Waals surface area contributed by atoms with Crippen LogP contribution in [0.4, 0.5) is 5.69 Å². The second-order valence-electron chi connectivity index (χ2n) is 6.28. The minimum absolute atomic E-state index is 0.0592. The normalized spacial score (nSPS) is 20.4. The zero-order valence-corrected chi connectivity index (χ0v) is 13.4. The Hall–Kier alpha value is -2.13. The van der Waals surface area contributed by atoms with Gasteiger partial charge >= 0.3 is 0 Å². The molecule has 0 heterocycles. The summed E-state index contributed by atoms with van der Waals surface area (Å²) in [5.74, 6) is 0.599. The van der Waals surface area contributed by atoms with Gasteiger partial charge in [0.1, 0.15) is 0 Å². The Morgan fingerprint density at radius 2 is 1.65 bits per heavy atom. The van der Waals surface area contributed by atoms with Crippen LogP contribution in [0.1, 0.15) is 24.8 Å². The number of carbonyl (C=O) groups is 1. The van der Waals surface area contributed by atoms with E-state index in [1.165, 1.54) is 0 Å². The van der Waals surface area contributed by atoms with Gasteiger partial charge in [-0.25, -0.2) is 0 Å². The van der Waals surface area contributed by atoms with Crippen molar-refractivity contribution < 1.29 is 4.79 Å². The zero-order chi connectivity index (χ0) is 16.1. The maximum absolute atomic E-state index is 13.2. The van der Waals surface area contributed by atoms with Crippen molar-refractivity contribution in [3.63, 3.8) is 0 Å². The van der Waals surface area contributed by atoms with Crippen LogP contribution in [0.3, 0.4) is 0 Å². The van der Waals surface area contributed by atoms with Crippen molar-refractivity contribution in [3.05, 3.63) is 66.2 Å². The number of benzene rings is 2. The van der Waals surface area contributed by atoms with Crippen LogP contribution in [0.15, 0.2) is 60.7 Å². The Morgan fingerprint density at radius 1 is 1.00 bits per heavy atom. The molecular weight excluding hydrogens is 284 g/mol. The lowest BCUT2D eigenvalue weighted by Crippen LogP contribution is -2.38. The second kappa shape index (κ2) is 7.42. The van der Waals surface area contributed by atoms with Gasteiger partial charge in [0, 0.05) is 11.6 Å². The molecule has 3 nitrogen and oxygen atoms in total. The first-order chi connectivity index (χ1) is 11.3. The largest absolute Gasteiger partial charge is 0.330 e. The fourth-order valence-electron chi connectivity index (χ4n) is 3.51. The van der Waals surface area contributed by atoms with Crippen LogP contribution in [0.5, 0.6) is 0 Å². The summed E-state index contributed by atoms with van der Waals surface area (Å²) in [7, 11) is 0. The molecule has 1 amide bonds. The standard InChI is InChI=1S/C20H24N2O/c21-14-17-10-7-13-19(17)20(23)22(18-11-5-2-6-12-18)15-16-8-3-1-4-9-16/h1-6,8-9,11-12,17,19H,7,10,13-15,21H2/t17-,19-/m1/s1. The van der Waals surface area contributed by atoms with Gasteiger partial charge in [0.05, 0.1) is 6.54 Å². The van der Waals surface area contributed by atoms with Crippen LogP contribution in [0.2, 0.25) is 0 Å². The summed E-state index contributed by atoms with van der Waals surface area (Å²) in [6.07, 6.45) is 3.13. The van der Waals surface area contributed by atoms with E-state index in [-0.39, 0.29) is 11.8 Å². The number of nitrogens with zero attached hydrogens (tertiary/aromatic N) is 1. The molecule has 1 aliphatic rings. The Bertz CT molecular complexity index is 627. The highest BCUT2D eigenvalue weighted by Gasteiger charge is 2.35. The summed E-state index contributed by atoms with van der Waals surface area (Å²) in [5, 5.41) is 0. The highest BCUT2D eigenvalue weighted by molar-refractivity contribution is 5.95. The predicted molar refractivity (Wildman–Crippen MR) is 94.0 cm³/mol. The molecule has 1 fully saturated rings. The summed E-state index contributed by atoms with van der Waals surface area (Å²) in [6.45, 7) is 1.21. The van der Waals surface area contributed by atoms with Crippen molar-refractivity contribution in [3.8, 4) is 0 Å². The molecule has 0 bridgehead atoms. The van der Waals surface area contributed by atoms with E-state index in [4.69, 9.17) is 5.73 Å². The molecule has 0 radical (unpaired) electrons. The van der Waals surface area contributed by atoms with Crippen LogP contribution in [0, 0.1) is 11.8 Å². The van der Waals surface area contributed by atoms with Gasteiger partial charge < -0.3 is 10.6 Å². The minimum Gasteiger partial charge on any atom is -0.330 e. The van der Waals surface area contributed by atoms with Gasteiger partial charge in [0.15, 0.2) is 0 Å². The molecule has 0 aromatic heterocycles. The molecular formula is C20H24N2O. The Labute approximate surface area is 138 Å². The fraction of sp³-hybridized carbons (Fsp3) is 0.350. The summed E-state index contributed by atoms with van der Waals surface area (Å²) in [6, 6.07) is 20.1. The fourth-order valence-corrected chi connectivity index (χ4v) is 3.51. The van der Waals surface area contributed by atoms with Crippen LogP contribution < -0.4 is 10.6 Å². The Kier molecular flexibility index (Phi) is 5.09. The van der Waals surface area contributed by atoms with Gasteiger partial charge in [-0.05, 0) is 43.0 Å². The van der Waals surface area contributed by atoms with Gasteiger partial charge in [-0.15, -0.1) is 0 Å². The maximum atomic E-state index is 13.2. The van der Waals surface area contributed by atoms with E-state index in [0.717, 1.165) is 30.5 Å². The topological polar surface area (TPSA) is 46.3 Å². The molecule has 120 valence electrons. The second-order valence-corrected chi connectivity index (χ2v) is 6.28. The lowest BCUT2D eigenvalue weighted by Gasteiger charge is -2.28. The molecule has 0 spiro atoms. The van der Waals surface area contributed by atoms with E-state index in [9.17, 15) is 4.79 Å². The van der Waals surface area contributed by atoms with E-state index in [2.05, 4.69) is 12.1 Å². The van der Waals surface area contributed by atoms with Gasteiger partial charge in [-0.3, -0.25) is 4.79 Å². The van der Waals surface area contributed by atoms with Crippen molar-refractivity contribution in [2.24, 2.45) is 17.6 Å². The molecule has 2 atom stereocenters. The highest BCUT2D eigenvalue weighted by atomic mass is 16.2. The molecule has 23 heavy (non-hydrogen) atoms. The first kappa shape index (κ1) is 15.8. The zero-order valence-electron chi connectivity index (χ0n) is 13.4. The molecule has 1 saturated carbocycles. The molecule has 1 aliphatic carbocycles. The van der Waals surface area contributed by atoms with Gasteiger partial charge in [0.2, 0.25) is 5.91 Å². The van der Waals surface area contributed by atoms with Crippen LogP contribution in [-0.4, -0.2) is 12.5 Å². The molecule has 2 N–H and O–H groups in total. The van der Waals surface area contributed by atoms with Crippen molar-refractivity contribution in [1.29, 1.82) is 0 Å². The molecule has 2 aromatic rings. The first-order valence-electron chi connectivity index (χ1n) is 8.40. The molecule has 0 aliphatic heterocycles. The summed E-state index contributed by atoms with van der Waals surface area (Å²) in [5.41, 5.74) is 7.99. The predicted octanol–water partition coefficient (Wildman–Crippen LogP) is 3.59. The van der Waals surface area contributed by atoms with E-state index < -0.39 is 0 Å². The van der Waals surface area contributed by atoms with E-state index in [0.29, 0.717) is 19.0 Å². The summed E-state index contributed by atoms with van der Waals surface area (Å²) >= 11 is 0. The number of carbonyl (C=O) groups excluding carboxylic acids is 1. The van der Waals surface area contributed by atoms with Crippen molar-refractivity contribution in [1.82, 2.24) is 0 Å². The summed E-state index contributed by atoms with van der Waals surface area (Å²) < 4.78 is 0. The van der Waals surface area contributed by atoms with Crippen LogP contribution in [-0.2, 0) is 11.3 Å². The maximum Gasteiger partial charge on any atom is 0.230 e. The lowest BCUT2D eigenvalue weighted by atomic mass is 9.94. The average Bonchev–Trinajstić information content (AvgIpc) is 3.09. The monoisotopic (exact) mass is 308 g/mol. The van der Waals surface area contributed by atoms with Gasteiger partial charge in [0.25, 0.3) is 0 Å². The average molecular weight is 308 g/mol. The van der Waals surface area contributed by atoms with Gasteiger partial charge in [-0.2, -0.15) is 0 Å². The van der Waals surface area contributed by atoms with Crippen LogP contribution >= 0.6 is 0 Å². The number of hydrogen-bond acceptors (Lipinski definition) is 2. The first-order valence-corrected chi connectivity index (χ1v) is 8.40. The molecule has 0 unspecified atom stereocenters. The van der Waals surface area contributed by atoms with E-state index >= 15 is 0 Å². The minimum atomic E-state index is 0.0592. The van der Waals surface area contributed by atoms with Crippen molar-refractivity contribution >= 4 is 11.6 Å². The van der Waals surface area contributed by atoms with Crippen molar-refractivity contribution in [2.75, 3.05) is 11.4 Å². The third kappa shape index (κ3) is 3.62. The smallest absolute Gasteiger partial charge is 0.230 e. The Morgan fingerprint density at radius 3 is 2.30 bits per heavy atom. The van der Waals surface area contributed by atoms with Gasteiger partial charge in [-0.1, -0.05) is 55.0 Å². The molecule has 3 heteroatoms. The third-order valence-electron chi connectivity index (χ3n) is 4.80. The number of hydrogen-bond donors (Lipinski definition) is 1. The molecule has 3 rings (SSSR count). The summed E-state index contributed by atoms with van der Waals surface area (Å²) in [4.78, 5) is 15.1. The molecule has 2 aromatic carbocycles. The molecule has 0 saturated heterocycles. The quantitative estimate of drug-likeness (QED) is 0.917. The number of rotatable bonds is 5. The van der Waals surface area contributed by atoms with E-state index in [1.54, 1.807) is 0 Å². The SMILES string of the molecule is NC[C@H]1CCC[C@H]1C(=O)N(Cc1ccccc1)c1ccccc1. The van der Waals surface area contributed by atoms with E-state index in [1.807, 2.05) is 53.4 Å². The number of para-hydroxylation sites is 1. The van der Waals surface area contributed by atoms with Crippen molar-refractivity contribution in [2.45, 2.75) is 25.8 Å². The highest BCUT2D eigenvalue weighted by Crippen LogP contribution is 2.34. The lowest BCUT2D eigenvalue weighted by molar-refractivity contribution is -0.123. The number of nitrogens with two attached hydrogens (primary N) is 1. The number of amides is 1.